The van der Waals surface area contributed by atoms with Gasteiger partial charge in [-0.25, -0.2) is 0 Å². The van der Waals surface area contributed by atoms with Crippen LogP contribution >= 0.6 is 0 Å². The van der Waals surface area contributed by atoms with Gasteiger partial charge in [0.2, 0.25) is 5.88 Å². The third-order valence-electron chi connectivity index (χ3n) is 7.63. The number of aromatic hydroxyl groups is 1. The second kappa shape index (κ2) is 8.92. The molecular formula is C28H34N4O4. The van der Waals surface area contributed by atoms with Crippen LogP contribution in [-0.2, 0) is 6.67 Å². The molecule has 2 aromatic carbocycles. The summed E-state index contributed by atoms with van der Waals surface area (Å²) in [5.41, 5.74) is 2.09. The van der Waals surface area contributed by atoms with Crippen LogP contribution in [0.15, 0.2) is 52.7 Å². The lowest BCUT2D eigenvalue weighted by atomic mass is 9.65. The van der Waals surface area contributed by atoms with Crippen molar-refractivity contribution < 1.29 is 19.4 Å². The molecule has 2 fully saturated rings. The highest BCUT2D eigenvalue weighted by Crippen LogP contribution is 2.53. The number of aromatic nitrogens is 1. The van der Waals surface area contributed by atoms with Crippen molar-refractivity contribution in [1.82, 2.24) is 9.47 Å². The average Bonchev–Trinajstić information content (AvgIpc) is 3.24. The van der Waals surface area contributed by atoms with Crippen molar-refractivity contribution in [3.8, 4) is 17.4 Å². The van der Waals surface area contributed by atoms with Gasteiger partial charge in [0, 0.05) is 23.5 Å². The Morgan fingerprint density at radius 1 is 1.08 bits per heavy atom. The first-order valence-electron chi connectivity index (χ1n) is 12.4. The second-order valence-corrected chi connectivity index (χ2v) is 11.3. The number of azo groups is 1. The van der Waals surface area contributed by atoms with E-state index in [1.165, 1.54) is 27.1 Å². The van der Waals surface area contributed by atoms with E-state index in [1.807, 2.05) is 28.8 Å². The maximum absolute atomic E-state index is 12.8. The molecule has 36 heavy (non-hydrogen) atoms. The van der Waals surface area contributed by atoms with Gasteiger partial charge < -0.3 is 14.6 Å². The standard InChI is InChI=1S/C28H34N4O4/c1-27(2)13-19-14-28(3,15-27)16-31(19)17-32-21-9-7-6-8-20(21)24(26(32)34)29-30-25(33)18-10-11-22(35-4)23(12-18)36-5/h6-12,19,34H,13-17H2,1-5H3/t19-,28+/m0/s1. The number of amides is 1. The number of para-hydroxylation sites is 1. The quantitative estimate of drug-likeness (QED) is 0.419. The van der Waals surface area contributed by atoms with Gasteiger partial charge >= 0.3 is 0 Å². The minimum Gasteiger partial charge on any atom is -0.493 e. The van der Waals surface area contributed by atoms with Gasteiger partial charge in [-0.15, -0.1) is 10.2 Å². The molecule has 1 saturated heterocycles. The third kappa shape index (κ3) is 4.34. The van der Waals surface area contributed by atoms with Crippen LogP contribution in [-0.4, -0.2) is 47.3 Å². The van der Waals surface area contributed by atoms with Gasteiger partial charge in [0.1, 0.15) is 0 Å². The molecule has 1 saturated carbocycles. The molecule has 1 aliphatic carbocycles. The summed E-state index contributed by atoms with van der Waals surface area (Å²) >= 11 is 0. The van der Waals surface area contributed by atoms with Crippen molar-refractivity contribution in [3.05, 3.63) is 48.0 Å². The molecule has 0 spiro atoms. The highest BCUT2D eigenvalue weighted by molar-refractivity contribution is 5.97. The zero-order valence-corrected chi connectivity index (χ0v) is 21.6. The first-order chi connectivity index (χ1) is 17.1. The number of likely N-dealkylation sites (tertiary alicyclic amines) is 1. The molecule has 0 unspecified atom stereocenters. The summed E-state index contributed by atoms with van der Waals surface area (Å²) in [6.45, 7) is 8.67. The maximum atomic E-state index is 12.8. The minimum absolute atomic E-state index is 0.0194. The van der Waals surface area contributed by atoms with E-state index in [0.29, 0.717) is 46.3 Å². The fourth-order valence-electron chi connectivity index (χ4n) is 6.56. The van der Waals surface area contributed by atoms with Gasteiger partial charge in [-0.1, -0.05) is 39.0 Å². The second-order valence-electron chi connectivity index (χ2n) is 11.3. The van der Waals surface area contributed by atoms with Gasteiger partial charge in [-0.2, -0.15) is 0 Å². The summed E-state index contributed by atoms with van der Waals surface area (Å²) in [7, 11) is 3.05. The Morgan fingerprint density at radius 3 is 2.58 bits per heavy atom. The van der Waals surface area contributed by atoms with Crippen LogP contribution in [0.5, 0.6) is 17.4 Å². The molecule has 190 valence electrons. The van der Waals surface area contributed by atoms with Crippen molar-refractivity contribution in [1.29, 1.82) is 0 Å². The Labute approximate surface area is 211 Å². The summed E-state index contributed by atoms with van der Waals surface area (Å²) in [5.74, 6) is 0.447. The van der Waals surface area contributed by atoms with Crippen molar-refractivity contribution in [2.24, 2.45) is 21.1 Å². The number of carbonyl (C=O) groups is 1. The molecule has 1 N–H and O–H groups in total. The Kier molecular flexibility index (Phi) is 6.03. The van der Waals surface area contributed by atoms with Crippen LogP contribution in [0.4, 0.5) is 5.69 Å². The van der Waals surface area contributed by atoms with Crippen LogP contribution in [0.1, 0.15) is 50.4 Å². The van der Waals surface area contributed by atoms with Crippen LogP contribution in [0, 0.1) is 10.8 Å². The summed E-state index contributed by atoms with van der Waals surface area (Å²) in [6.07, 6.45) is 3.54. The molecule has 3 aromatic rings. The number of rotatable bonds is 6. The number of hydrogen-bond acceptors (Lipinski definition) is 6. The Bertz CT molecular complexity index is 1340. The summed E-state index contributed by atoms with van der Waals surface area (Å²) in [5, 5.41) is 20.2. The highest BCUT2D eigenvalue weighted by Gasteiger charge is 2.49. The third-order valence-corrected chi connectivity index (χ3v) is 7.63. The molecule has 1 aromatic heterocycles. The van der Waals surface area contributed by atoms with E-state index in [1.54, 1.807) is 18.2 Å². The van der Waals surface area contributed by atoms with E-state index in [4.69, 9.17) is 9.47 Å². The van der Waals surface area contributed by atoms with Crippen molar-refractivity contribution in [2.45, 2.75) is 52.7 Å². The molecule has 2 atom stereocenters. The molecule has 2 aliphatic rings. The fraction of sp³-hybridized carbons (Fsp3) is 0.464. The van der Waals surface area contributed by atoms with E-state index >= 15 is 0 Å². The first-order valence-corrected chi connectivity index (χ1v) is 12.4. The van der Waals surface area contributed by atoms with E-state index in [9.17, 15) is 9.90 Å². The van der Waals surface area contributed by atoms with Crippen molar-refractivity contribution in [2.75, 3.05) is 20.8 Å². The molecule has 0 radical (unpaired) electrons. The normalized spacial score (nSPS) is 23.4. The number of benzene rings is 2. The SMILES string of the molecule is COc1ccc(C(=O)N=Nc2c(O)n(CN3C[C@]4(C)C[C@@H]3CC(C)(C)C4)c3ccccc23)cc1OC. The van der Waals surface area contributed by atoms with Crippen molar-refractivity contribution >= 4 is 22.5 Å². The lowest BCUT2D eigenvalue weighted by Gasteiger charge is -2.40. The van der Waals surface area contributed by atoms with Gasteiger partial charge in [0.05, 0.1) is 26.4 Å². The Hall–Kier alpha value is -3.39. The van der Waals surface area contributed by atoms with Crippen LogP contribution in [0.25, 0.3) is 10.9 Å². The average molecular weight is 491 g/mol. The van der Waals surface area contributed by atoms with Gasteiger partial charge in [-0.3, -0.25) is 14.3 Å². The summed E-state index contributed by atoms with van der Waals surface area (Å²) in [6, 6.07) is 13.0. The van der Waals surface area contributed by atoms with Gasteiger partial charge in [0.15, 0.2) is 17.2 Å². The maximum Gasteiger partial charge on any atom is 0.295 e. The smallest absolute Gasteiger partial charge is 0.295 e. The molecule has 8 heteroatoms. The number of ether oxygens (including phenoxy) is 2. The molecule has 2 bridgehead atoms. The Balaban J connectivity index is 1.45. The predicted molar refractivity (Wildman–Crippen MR) is 138 cm³/mol. The van der Waals surface area contributed by atoms with Crippen LogP contribution in [0.2, 0.25) is 0 Å². The zero-order chi connectivity index (χ0) is 25.7. The molecule has 2 heterocycles. The lowest BCUT2D eigenvalue weighted by molar-refractivity contribution is 0.0994. The zero-order valence-electron chi connectivity index (χ0n) is 21.6. The molecular weight excluding hydrogens is 456 g/mol. The largest absolute Gasteiger partial charge is 0.493 e. The number of methoxy groups -OCH3 is 2. The summed E-state index contributed by atoms with van der Waals surface area (Å²) < 4.78 is 12.4. The molecule has 5 rings (SSSR count). The minimum atomic E-state index is -0.532. The van der Waals surface area contributed by atoms with E-state index in [-0.39, 0.29) is 5.88 Å². The van der Waals surface area contributed by atoms with Gasteiger partial charge in [-0.05, 0) is 54.4 Å². The monoisotopic (exact) mass is 490 g/mol. The van der Waals surface area contributed by atoms with Gasteiger partial charge in [0.25, 0.3) is 5.91 Å². The molecule has 1 amide bonds. The number of fused-ring (bicyclic) bond motifs is 3. The van der Waals surface area contributed by atoms with Crippen LogP contribution in [0.3, 0.4) is 0 Å². The highest BCUT2D eigenvalue weighted by atomic mass is 16.5. The summed E-state index contributed by atoms with van der Waals surface area (Å²) in [4.78, 5) is 15.3. The molecule has 8 nitrogen and oxygen atoms in total. The molecule has 1 aliphatic heterocycles. The lowest BCUT2D eigenvalue weighted by Crippen LogP contribution is -2.35. The van der Waals surface area contributed by atoms with E-state index < -0.39 is 5.91 Å². The first kappa shape index (κ1) is 24.3. The predicted octanol–water partition coefficient (Wildman–Crippen LogP) is 6.15. The number of hydrogen-bond donors (Lipinski definition) is 1. The fourth-order valence-corrected chi connectivity index (χ4v) is 6.56. The van der Waals surface area contributed by atoms with Crippen molar-refractivity contribution in [3.63, 3.8) is 0 Å². The van der Waals surface area contributed by atoms with E-state index in [2.05, 4.69) is 35.9 Å². The topological polar surface area (TPSA) is 88.7 Å². The van der Waals surface area contributed by atoms with Crippen LogP contribution < -0.4 is 9.47 Å². The van der Waals surface area contributed by atoms with E-state index in [0.717, 1.165) is 23.9 Å². The Morgan fingerprint density at radius 2 is 1.83 bits per heavy atom. The number of carbonyl (C=O) groups excluding carboxylic acids is 1. The number of nitrogens with zero attached hydrogens (tertiary/aromatic N) is 4.